The van der Waals surface area contributed by atoms with E-state index >= 15 is 0 Å². The average Bonchev–Trinajstić information content (AvgIpc) is 3.16. The highest BCUT2D eigenvalue weighted by Gasteiger charge is 2.36. The van der Waals surface area contributed by atoms with E-state index in [9.17, 15) is 26.4 Å². The van der Waals surface area contributed by atoms with Crippen molar-refractivity contribution in [1.29, 1.82) is 0 Å². The SMILES string of the molecule is CN(Cc1cccc(N(C)S(C)(=O)=O)c1)c1nc(Nc2ccc3c(c2)CC(=O)N3)ncc1C(F)(F)F. The molecule has 13 heteroatoms. The number of amides is 1. The molecule has 0 fully saturated rings. The zero-order valence-electron chi connectivity index (χ0n) is 19.6. The van der Waals surface area contributed by atoms with E-state index in [-0.39, 0.29) is 30.6 Å². The van der Waals surface area contributed by atoms with Crippen molar-refractivity contribution in [2.45, 2.75) is 19.1 Å². The zero-order valence-corrected chi connectivity index (χ0v) is 20.4. The molecule has 0 saturated carbocycles. The summed E-state index contributed by atoms with van der Waals surface area (Å²) in [6.07, 6.45) is -2.71. The number of fused-ring (bicyclic) bond motifs is 1. The van der Waals surface area contributed by atoms with Crippen LogP contribution in [0, 0.1) is 0 Å². The molecule has 36 heavy (non-hydrogen) atoms. The second kappa shape index (κ2) is 9.30. The molecule has 1 aliphatic rings. The Morgan fingerprint density at radius 3 is 2.58 bits per heavy atom. The molecule has 0 saturated heterocycles. The molecule has 0 bridgehead atoms. The summed E-state index contributed by atoms with van der Waals surface area (Å²) in [6, 6.07) is 11.6. The third-order valence-corrected chi connectivity index (χ3v) is 6.82. The predicted octanol–water partition coefficient (Wildman–Crippen LogP) is 3.77. The normalized spacial score (nSPS) is 13.2. The van der Waals surface area contributed by atoms with Gasteiger partial charge < -0.3 is 15.5 Å². The van der Waals surface area contributed by atoms with Crippen molar-refractivity contribution < 1.29 is 26.4 Å². The Labute approximate surface area is 206 Å². The van der Waals surface area contributed by atoms with Gasteiger partial charge in [-0.05, 0) is 41.5 Å². The lowest BCUT2D eigenvalue weighted by Gasteiger charge is -2.24. The summed E-state index contributed by atoms with van der Waals surface area (Å²) >= 11 is 0. The molecule has 0 aliphatic carbocycles. The van der Waals surface area contributed by atoms with Crippen LogP contribution in [0.2, 0.25) is 0 Å². The van der Waals surface area contributed by atoms with E-state index in [1.807, 2.05) is 0 Å². The highest BCUT2D eigenvalue weighted by atomic mass is 32.2. The third kappa shape index (κ3) is 5.51. The maximum absolute atomic E-state index is 13.8. The second-order valence-electron chi connectivity index (χ2n) is 8.41. The fourth-order valence-electron chi connectivity index (χ4n) is 3.75. The molecule has 190 valence electrons. The Morgan fingerprint density at radius 2 is 1.89 bits per heavy atom. The van der Waals surface area contributed by atoms with Crippen LogP contribution in [0.25, 0.3) is 0 Å². The third-order valence-electron chi connectivity index (χ3n) is 5.61. The highest BCUT2D eigenvalue weighted by molar-refractivity contribution is 7.92. The number of rotatable bonds is 7. The van der Waals surface area contributed by atoms with Gasteiger partial charge in [0.1, 0.15) is 11.4 Å². The van der Waals surface area contributed by atoms with Crippen LogP contribution in [-0.4, -0.2) is 44.6 Å². The first-order valence-corrected chi connectivity index (χ1v) is 12.5. The predicted molar refractivity (Wildman–Crippen MR) is 131 cm³/mol. The van der Waals surface area contributed by atoms with Gasteiger partial charge in [0, 0.05) is 38.2 Å². The molecule has 2 heterocycles. The number of hydrogen-bond donors (Lipinski definition) is 2. The number of halogens is 3. The van der Waals surface area contributed by atoms with Crippen LogP contribution in [0.15, 0.2) is 48.7 Å². The smallest absolute Gasteiger partial charge is 0.355 e. The summed E-state index contributed by atoms with van der Waals surface area (Å²) in [5.41, 5.74) is 1.92. The van der Waals surface area contributed by atoms with Crippen molar-refractivity contribution in [2.75, 3.05) is 40.2 Å². The van der Waals surface area contributed by atoms with Crippen LogP contribution in [-0.2, 0) is 34.0 Å². The first-order valence-electron chi connectivity index (χ1n) is 10.7. The van der Waals surface area contributed by atoms with E-state index in [4.69, 9.17) is 0 Å². The molecule has 0 unspecified atom stereocenters. The topological polar surface area (TPSA) is 108 Å². The fourth-order valence-corrected chi connectivity index (χ4v) is 4.25. The van der Waals surface area contributed by atoms with Crippen molar-refractivity contribution in [3.63, 3.8) is 0 Å². The van der Waals surface area contributed by atoms with E-state index in [0.717, 1.165) is 16.1 Å². The number of carbonyl (C=O) groups excluding carboxylic acids is 1. The van der Waals surface area contributed by atoms with Gasteiger partial charge in [0.25, 0.3) is 0 Å². The minimum atomic E-state index is -4.69. The van der Waals surface area contributed by atoms with E-state index in [2.05, 4.69) is 20.6 Å². The molecule has 3 aromatic rings. The number of aromatic nitrogens is 2. The molecule has 2 aromatic carbocycles. The van der Waals surface area contributed by atoms with Gasteiger partial charge in [-0.25, -0.2) is 13.4 Å². The summed E-state index contributed by atoms with van der Waals surface area (Å²) in [5.74, 6) is -0.531. The summed E-state index contributed by atoms with van der Waals surface area (Å²) < 4.78 is 66.1. The lowest BCUT2D eigenvalue weighted by atomic mass is 10.1. The van der Waals surface area contributed by atoms with E-state index in [0.29, 0.717) is 28.8 Å². The minimum Gasteiger partial charge on any atom is -0.355 e. The Kier molecular flexibility index (Phi) is 6.52. The molecular formula is C23H23F3N6O3S. The molecule has 4 rings (SSSR count). The molecule has 0 radical (unpaired) electrons. The maximum atomic E-state index is 13.8. The van der Waals surface area contributed by atoms with Crippen molar-refractivity contribution in [3.8, 4) is 0 Å². The quantitative estimate of drug-likeness (QED) is 0.488. The van der Waals surface area contributed by atoms with Gasteiger partial charge in [-0.15, -0.1) is 0 Å². The van der Waals surface area contributed by atoms with Crippen molar-refractivity contribution in [3.05, 3.63) is 65.4 Å². The molecule has 2 N–H and O–H groups in total. The number of anilines is 5. The van der Waals surface area contributed by atoms with Crippen molar-refractivity contribution in [2.24, 2.45) is 0 Å². The summed E-state index contributed by atoms with van der Waals surface area (Å²) in [4.78, 5) is 20.9. The van der Waals surface area contributed by atoms with Crippen LogP contribution in [0.3, 0.4) is 0 Å². The molecular weight excluding hydrogens is 497 g/mol. The van der Waals surface area contributed by atoms with Crippen LogP contribution in [0.1, 0.15) is 16.7 Å². The summed E-state index contributed by atoms with van der Waals surface area (Å²) in [6.45, 7) is 0.0254. The second-order valence-corrected chi connectivity index (χ2v) is 10.4. The molecule has 1 amide bonds. The van der Waals surface area contributed by atoms with Gasteiger partial charge in [-0.1, -0.05) is 12.1 Å². The van der Waals surface area contributed by atoms with E-state index < -0.39 is 21.8 Å². The number of carbonyl (C=O) groups is 1. The minimum absolute atomic E-state index is 0.0254. The van der Waals surface area contributed by atoms with E-state index in [1.54, 1.807) is 42.5 Å². The van der Waals surface area contributed by atoms with Crippen molar-refractivity contribution in [1.82, 2.24) is 9.97 Å². The van der Waals surface area contributed by atoms with Crippen LogP contribution in [0.4, 0.5) is 42.0 Å². The van der Waals surface area contributed by atoms with Gasteiger partial charge in [0.2, 0.25) is 21.9 Å². The summed E-state index contributed by atoms with van der Waals surface area (Å²) in [5, 5.41) is 5.61. The number of nitrogens with one attached hydrogen (secondary N) is 2. The van der Waals surface area contributed by atoms with Gasteiger partial charge >= 0.3 is 6.18 Å². The Hall–Kier alpha value is -3.87. The lowest BCUT2D eigenvalue weighted by molar-refractivity contribution is -0.137. The van der Waals surface area contributed by atoms with Crippen molar-refractivity contribution >= 4 is 44.8 Å². The van der Waals surface area contributed by atoms with Crippen LogP contribution < -0.4 is 19.8 Å². The molecule has 9 nitrogen and oxygen atoms in total. The number of sulfonamides is 1. The standard InChI is InChI=1S/C23H23F3N6O3S/c1-31(13-14-5-4-6-17(9-14)32(2)36(3,34)35)21-18(23(24,25)26)12-27-22(30-21)28-16-7-8-19-15(10-16)11-20(33)29-19/h4-10,12H,11,13H2,1-3H3,(H,29,33)(H,27,28,30). The number of benzene rings is 2. The number of hydrogen-bond acceptors (Lipinski definition) is 7. The van der Waals surface area contributed by atoms with Gasteiger partial charge in [-0.2, -0.15) is 18.2 Å². The summed E-state index contributed by atoms with van der Waals surface area (Å²) in [7, 11) is -0.647. The van der Waals surface area contributed by atoms with E-state index in [1.165, 1.54) is 19.0 Å². The van der Waals surface area contributed by atoms with Crippen LogP contribution in [0.5, 0.6) is 0 Å². The van der Waals surface area contributed by atoms with Gasteiger partial charge in [0.15, 0.2) is 0 Å². The average molecular weight is 521 g/mol. The number of alkyl halides is 3. The molecule has 1 aromatic heterocycles. The zero-order chi connectivity index (χ0) is 26.3. The number of nitrogens with zero attached hydrogens (tertiary/aromatic N) is 4. The monoisotopic (exact) mass is 520 g/mol. The molecule has 0 spiro atoms. The fraction of sp³-hybridized carbons (Fsp3) is 0.261. The Bertz CT molecular complexity index is 1430. The maximum Gasteiger partial charge on any atom is 0.421 e. The lowest BCUT2D eigenvalue weighted by Crippen LogP contribution is -2.25. The van der Waals surface area contributed by atoms with Gasteiger partial charge in [0.05, 0.1) is 18.4 Å². The molecule has 0 atom stereocenters. The Balaban J connectivity index is 1.62. The van der Waals surface area contributed by atoms with Gasteiger partial charge in [-0.3, -0.25) is 9.10 Å². The Morgan fingerprint density at radius 1 is 1.14 bits per heavy atom. The first kappa shape index (κ1) is 25.2. The first-order chi connectivity index (χ1) is 16.8. The molecule has 1 aliphatic heterocycles. The largest absolute Gasteiger partial charge is 0.421 e. The highest BCUT2D eigenvalue weighted by Crippen LogP contribution is 2.36. The van der Waals surface area contributed by atoms with Crippen LogP contribution >= 0.6 is 0 Å².